The standard InChI is InChI=1S/C24H27N3O4/c1-3-31-21-11-7-19(8-12-21)22-13-15-24(29)27(26-22)17-16-25-23(28)14-6-18-4-9-20(30-2)10-5-18/h4-5,7-13,15H,3,6,14,16-17H2,1-2H3,(H,25,28). The molecule has 0 atom stereocenters. The molecule has 2 aromatic carbocycles. The van der Waals surface area contributed by atoms with Crippen molar-refractivity contribution in [3.8, 4) is 22.8 Å². The van der Waals surface area contributed by atoms with Crippen LogP contribution >= 0.6 is 0 Å². The van der Waals surface area contributed by atoms with E-state index in [4.69, 9.17) is 9.47 Å². The summed E-state index contributed by atoms with van der Waals surface area (Å²) >= 11 is 0. The van der Waals surface area contributed by atoms with Crippen LogP contribution in [0, 0.1) is 0 Å². The summed E-state index contributed by atoms with van der Waals surface area (Å²) in [4.78, 5) is 24.3. The molecule has 0 fully saturated rings. The molecular weight excluding hydrogens is 394 g/mol. The predicted octanol–water partition coefficient (Wildman–Crippen LogP) is 3.07. The van der Waals surface area contributed by atoms with Crippen molar-refractivity contribution in [1.29, 1.82) is 0 Å². The summed E-state index contributed by atoms with van der Waals surface area (Å²) in [5.74, 6) is 1.52. The maximum absolute atomic E-state index is 12.1. The lowest BCUT2D eigenvalue weighted by Crippen LogP contribution is -2.32. The second-order valence-corrected chi connectivity index (χ2v) is 6.94. The minimum Gasteiger partial charge on any atom is -0.497 e. The van der Waals surface area contributed by atoms with E-state index in [1.807, 2.05) is 55.5 Å². The van der Waals surface area contributed by atoms with E-state index in [1.54, 1.807) is 13.2 Å². The second kappa shape index (κ2) is 11.0. The van der Waals surface area contributed by atoms with Crippen molar-refractivity contribution < 1.29 is 14.3 Å². The van der Waals surface area contributed by atoms with Gasteiger partial charge in [-0.25, -0.2) is 4.68 Å². The summed E-state index contributed by atoms with van der Waals surface area (Å²) in [6, 6.07) is 18.4. The summed E-state index contributed by atoms with van der Waals surface area (Å²) in [7, 11) is 1.62. The largest absolute Gasteiger partial charge is 0.497 e. The van der Waals surface area contributed by atoms with Gasteiger partial charge in [0, 0.05) is 24.6 Å². The summed E-state index contributed by atoms with van der Waals surface area (Å²) in [6.07, 6.45) is 1.02. The number of benzene rings is 2. The van der Waals surface area contributed by atoms with E-state index in [1.165, 1.54) is 10.7 Å². The zero-order valence-corrected chi connectivity index (χ0v) is 17.8. The fourth-order valence-electron chi connectivity index (χ4n) is 3.09. The van der Waals surface area contributed by atoms with E-state index >= 15 is 0 Å². The molecule has 0 spiro atoms. The highest BCUT2D eigenvalue weighted by Gasteiger charge is 2.06. The molecule has 3 rings (SSSR count). The third kappa shape index (κ3) is 6.44. The Balaban J connectivity index is 1.52. The molecule has 7 nitrogen and oxygen atoms in total. The van der Waals surface area contributed by atoms with Crippen LogP contribution in [0.5, 0.6) is 11.5 Å². The van der Waals surface area contributed by atoms with Crippen molar-refractivity contribution in [2.45, 2.75) is 26.3 Å². The Hall–Kier alpha value is -3.61. The van der Waals surface area contributed by atoms with Gasteiger partial charge in [-0.05, 0) is 61.4 Å². The molecule has 1 N–H and O–H groups in total. The van der Waals surface area contributed by atoms with Gasteiger partial charge >= 0.3 is 0 Å². The predicted molar refractivity (Wildman–Crippen MR) is 119 cm³/mol. The molecule has 3 aromatic rings. The maximum atomic E-state index is 12.1. The number of aromatic nitrogens is 2. The summed E-state index contributed by atoms with van der Waals surface area (Å²) in [5.41, 5.74) is 2.44. The molecule has 31 heavy (non-hydrogen) atoms. The third-order valence-electron chi connectivity index (χ3n) is 4.77. The molecule has 1 amide bonds. The van der Waals surface area contributed by atoms with Crippen LogP contribution < -0.4 is 20.3 Å². The zero-order valence-electron chi connectivity index (χ0n) is 17.8. The molecule has 0 unspecified atom stereocenters. The number of methoxy groups -OCH3 is 1. The lowest BCUT2D eigenvalue weighted by atomic mass is 10.1. The van der Waals surface area contributed by atoms with Gasteiger partial charge in [-0.2, -0.15) is 5.10 Å². The van der Waals surface area contributed by atoms with Crippen molar-refractivity contribution in [3.05, 3.63) is 76.6 Å². The Bertz CT molecular complexity index is 1040. The van der Waals surface area contributed by atoms with Crippen LogP contribution in [-0.4, -0.2) is 35.9 Å². The van der Waals surface area contributed by atoms with E-state index in [0.717, 1.165) is 22.6 Å². The number of nitrogens with zero attached hydrogens (tertiary/aromatic N) is 2. The molecule has 0 aliphatic heterocycles. The topological polar surface area (TPSA) is 82.5 Å². The molecule has 1 heterocycles. The fraction of sp³-hybridized carbons (Fsp3) is 0.292. The number of amides is 1. The van der Waals surface area contributed by atoms with Crippen molar-refractivity contribution in [3.63, 3.8) is 0 Å². The van der Waals surface area contributed by atoms with Crippen molar-refractivity contribution >= 4 is 5.91 Å². The molecule has 0 saturated carbocycles. The van der Waals surface area contributed by atoms with Gasteiger partial charge in [0.05, 0.1) is 26.0 Å². The highest BCUT2D eigenvalue weighted by molar-refractivity contribution is 5.76. The number of hydrogen-bond acceptors (Lipinski definition) is 5. The Kier molecular flexibility index (Phi) is 7.81. The summed E-state index contributed by atoms with van der Waals surface area (Å²) in [6.45, 7) is 3.18. The molecule has 0 saturated heterocycles. The number of nitrogens with one attached hydrogen (secondary N) is 1. The average Bonchev–Trinajstić information content (AvgIpc) is 2.80. The van der Waals surface area contributed by atoms with Crippen LogP contribution in [0.25, 0.3) is 11.3 Å². The van der Waals surface area contributed by atoms with E-state index in [2.05, 4.69) is 10.4 Å². The number of carbonyl (C=O) groups excluding carboxylic acids is 1. The number of ether oxygens (including phenoxy) is 2. The van der Waals surface area contributed by atoms with Gasteiger partial charge in [-0.15, -0.1) is 0 Å². The molecule has 162 valence electrons. The molecule has 1 aromatic heterocycles. The van der Waals surface area contributed by atoms with Crippen molar-refractivity contribution in [1.82, 2.24) is 15.1 Å². The Morgan fingerprint density at radius 2 is 1.71 bits per heavy atom. The van der Waals surface area contributed by atoms with Crippen LogP contribution in [0.4, 0.5) is 0 Å². The van der Waals surface area contributed by atoms with E-state index in [-0.39, 0.29) is 11.5 Å². The monoisotopic (exact) mass is 421 g/mol. The summed E-state index contributed by atoms with van der Waals surface area (Å²) < 4.78 is 12.0. The van der Waals surface area contributed by atoms with Crippen LogP contribution in [0.2, 0.25) is 0 Å². The quantitative estimate of drug-likeness (QED) is 0.544. The highest BCUT2D eigenvalue weighted by atomic mass is 16.5. The summed E-state index contributed by atoms with van der Waals surface area (Å²) in [5, 5.41) is 7.28. The highest BCUT2D eigenvalue weighted by Crippen LogP contribution is 2.19. The molecular formula is C24H27N3O4. The maximum Gasteiger partial charge on any atom is 0.266 e. The first kappa shape index (κ1) is 22.1. The van der Waals surface area contributed by atoms with Gasteiger partial charge in [-0.3, -0.25) is 9.59 Å². The number of carbonyl (C=O) groups is 1. The third-order valence-corrected chi connectivity index (χ3v) is 4.77. The first-order valence-corrected chi connectivity index (χ1v) is 10.3. The molecule has 0 bridgehead atoms. The van der Waals surface area contributed by atoms with Crippen LogP contribution in [0.3, 0.4) is 0 Å². The van der Waals surface area contributed by atoms with Crippen molar-refractivity contribution in [2.24, 2.45) is 0 Å². The van der Waals surface area contributed by atoms with Gasteiger partial charge in [-0.1, -0.05) is 12.1 Å². The van der Waals surface area contributed by atoms with Crippen molar-refractivity contribution in [2.75, 3.05) is 20.3 Å². The van der Waals surface area contributed by atoms with Gasteiger partial charge in [0.15, 0.2) is 0 Å². The van der Waals surface area contributed by atoms with Gasteiger partial charge in [0.25, 0.3) is 5.56 Å². The lowest BCUT2D eigenvalue weighted by molar-refractivity contribution is -0.121. The minimum absolute atomic E-state index is 0.0634. The minimum atomic E-state index is -0.206. The lowest BCUT2D eigenvalue weighted by Gasteiger charge is -2.09. The van der Waals surface area contributed by atoms with Crippen LogP contribution in [-0.2, 0) is 17.8 Å². The molecule has 7 heteroatoms. The van der Waals surface area contributed by atoms with Gasteiger partial charge in [0.2, 0.25) is 5.91 Å². The smallest absolute Gasteiger partial charge is 0.266 e. The fourth-order valence-corrected chi connectivity index (χ4v) is 3.09. The van der Waals surface area contributed by atoms with Crippen LogP contribution in [0.15, 0.2) is 65.5 Å². The first-order chi connectivity index (χ1) is 15.1. The average molecular weight is 421 g/mol. The SMILES string of the molecule is CCOc1ccc(-c2ccc(=O)n(CCNC(=O)CCc3ccc(OC)cc3)n2)cc1. The number of rotatable bonds is 10. The van der Waals surface area contributed by atoms with E-state index < -0.39 is 0 Å². The normalized spacial score (nSPS) is 10.5. The van der Waals surface area contributed by atoms with Crippen LogP contribution in [0.1, 0.15) is 18.9 Å². The number of hydrogen-bond donors (Lipinski definition) is 1. The second-order valence-electron chi connectivity index (χ2n) is 6.94. The van der Waals surface area contributed by atoms with Gasteiger partial charge < -0.3 is 14.8 Å². The zero-order chi connectivity index (χ0) is 22.1. The Morgan fingerprint density at radius 3 is 2.39 bits per heavy atom. The Morgan fingerprint density at radius 1 is 1.00 bits per heavy atom. The molecule has 0 aliphatic carbocycles. The molecule has 0 aliphatic rings. The van der Waals surface area contributed by atoms with Gasteiger partial charge in [0.1, 0.15) is 11.5 Å². The Labute approximate surface area is 181 Å². The van der Waals surface area contributed by atoms with E-state index in [9.17, 15) is 9.59 Å². The number of aryl methyl sites for hydroxylation is 1. The first-order valence-electron chi connectivity index (χ1n) is 10.3. The van der Waals surface area contributed by atoms with E-state index in [0.29, 0.717) is 38.2 Å². The molecule has 0 radical (unpaired) electrons.